The van der Waals surface area contributed by atoms with Gasteiger partial charge in [-0.15, -0.1) is 0 Å². The molecule has 2 heterocycles. The molecule has 4 nitrogen and oxygen atoms in total. The molecule has 0 fully saturated rings. The zero-order chi connectivity index (χ0) is 13.8. The molecule has 0 aliphatic carbocycles. The van der Waals surface area contributed by atoms with Crippen molar-refractivity contribution in [1.82, 2.24) is 14.8 Å². The molecule has 3 rings (SSSR count). The van der Waals surface area contributed by atoms with Crippen LogP contribution in [0, 0.1) is 0 Å². The highest BCUT2D eigenvalue weighted by atomic mass is 16.3. The van der Waals surface area contributed by atoms with Crippen LogP contribution in [0.1, 0.15) is 0 Å². The molecular weight excluding hydrogens is 250 g/mol. The number of aromatic nitrogens is 3. The summed E-state index contributed by atoms with van der Waals surface area (Å²) < 4.78 is 1.80. The van der Waals surface area contributed by atoms with Gasteiger partial charge in [-0.1, -0.05) is 36.4 Å². The maximum atomic E-state index is 9.19. The van der Waals surface area contributed by atoms with Gasteiger partial charge >= 0.3 is 0 Å². The van der Waals surface area contributed by atoms with E-state index in [9.17, 15) is 5.11 Å². The van der Waals surface area contributed by atoms with E-state index in [-0.39, 0.29) is 6.61 Å². The molecule has 0 bridgehead atoms. The van der Waals surface area contributed by atoms with Gasteiger partial charge in [0.15, 0.2) is 0 Å². The number of aliphatic hydroxyl groups excluding tert-OH is 1. The standard InChI is InChI=1S/C16H15N3O/c20-11-10-19-16(14-8-4-5-9-17-14)12-15(18-19)13-6-2-1-3-7-13/h1-9,12,20H,10-11H2. The van der Waals surface area contributed by atoms with Crippen LogP contribution < -0.4 is 0 Å². The van der Waals surface area contributed by atoms with E-state index in [1.165, 1.54) is 0 Å². The number of aliphatic hydroxyl groups is 1. The molecule has 100 valence electrons. The van der Waals surface area contributed by atoms with Crippen LogP contribution in [-0.4, -0.2) is 26.5 Å². The number of pyridine rings is 1. The molecule has 2 aromatic heterocycles. The molecule has 0 amide bonds. The van der Waals surface area contributed by atoms with Crippen LogP contribution in [0.2, 0.25) is 0 Å². The van der Waals surface area contributed by atoms with Crippen molar-refractivity contribution < 1.29 is 5.11 Å². The van der Waals surface area contributed by atoms with Crippen molar-refractivity contribution in [3.05, 3.63) is 60.8 Å². The van der Waals surface area contributed by atoms with Crippen molar-refractivity contribution in [3.8, 4) is 22.6 Å². The lowest BCUT2D eigenvalue weighted by Crippen LogP contribution is -2.06. The number of nitrogens with zero attached hydrogens (tertiary/aromatic N) is 3. The van der Waals surface area contributed by atoms with Crippen molar-refractivity contribution in [2.75, 3.05) is 6.61 Å². The van der Waals surface area contributed by atoms with E-state index in [4.69, 9.17) is 0 Å². The molecule has 1 aromatic carbocycles. The highest BCUT2D eigenvalue weighted by molar-refractivity contribution is 5.66. The molecule has 3 aromatic rings. The summed E-state index contributed by atoms with van der Waals surface area (Å²) in [6, 6.07) is 17.8. The number of hydrogen-bond acceptors (Lipinski definition) is 3. The zero-order valence-corrected chi connectivity index (χ0v) is 11.0. The molecule has 0 aliphatic heterocycles. The Morgan fingerprint density at radius 1 is 0.950 bits per heavy atom. The summed E-state index contributed by atoms with van der Waals surface area (Å²) >= 11 is 0. The first-order valence-electron chi connectivity index (χ1n) is 6.54. The predicted octanol–water partition coefficient (Wildman–Crippen LogP) is 2.60. The van der Waals surface area contributed by atoms with E-state index in [0.717, 1.165) is 22.6 Å². The fourth-order valence-electron chi connectivity index (χ4n) is 2.15. The minimum atomic E-state index is 0.0513. The van der Waals surface area contributed by atoms with Crippen molar-refractivity contribution in [2.24, 2.45) is 0 Å². The zero-order valence-electron chi connectivity index (χ0n) is 11.0. The van der Waals surface area contributed by atoms with Crippen molar-refractivity contribution in [2.45, 2.75) is 6.54 Å². The maximum absolute atomic E-state index is 9.19. The summed E-state index contributed by atoms with van der Waals surface area (Å²) in [5.41, 5.74) is 3.72. The summed E-state index contributed by atoms with van der Waals surface area (Å²) in [4.78, 5) is 4.36. The average molecular weight is 265 g/mol. The normalized spacial score (nSPS) is 10.7. The van der Waals surface area contributed by atoms with E-state index < -0.39 is 0 Å². The van der Waals surface area contributed by atoms with Gasteiger partial charge in [-0.2, -0.15) is 5.10 Å². The van der Waals surface area contributed by atoms with Crippen molar-refractivity contribution in [1.29, 1.82) is 0 Å². The third-order valence-corrected chi connectivity index (χ3v) is 3.09. The van der Waals surface area contributed by atoms with E-state index in [1.54, 1.807) is 10.9 Å². The van der Waals surface area contributed by atoms with E-state index in [2.05, 4.69) is 10.1 Å². The van der Waals surface area contributed by atoms with Gasteiger partial charge in [0, 0.05) is 11.8 Å². The molecule has 0 spiro atoms. The lowest BCUT2D eigenvalue weighted by Gasteiger charge is -2.04. The van der Waals surface area contributed by atoms with Crippen LogP contribution in [0.25, 0.3) is 22.6 Å². The lowest BCUT2D eigenvalue weighted by atomic mass is 10.1. The average Bonchev–Trinajstić information content (AvgIpc) is 2.94. The molecule has 1 N–H and O–H groups in total. The first-order valence-corrected chi connectivity index (χ1v) is 6.54. The predicted molar refractivity (Wildman–Crippen MR) is 78.0 cm³/mol. The second kappa shape index (κ2) is 5.67. The summed E-state index contributed by atoms with van der Waals surface area (Å²) in [6.07, 6.45) is 1.76. The molecule has 0 saturated heterocycles. The Kier molecular flexibility index (Phi) is 3.56. The van der Waals surface area contributed by atoms with Gasteiger partial charge in [0.2, 0.25) is 0 Å². The Morgan fingerprint density at radius 2 is 1.75 bits per heavy atom. The van der Waals surface area contributed by atoms with Crippen molar-refractivity contribution in [3.63, 3.8) is 0 Å². The third-order valence-electron chi connectivity index (χ3n) is 3.09. The monoisotopic (exact) mass is 265 g/mol. The van der Waals surface area contributed by atoms with Crippen LogP contribution in [-0.2, 0) is 6.54 Å². The van der Waals surface area contributed by atoms with E-state index >= 15 is 0 Å². The number of hydrogen-bond donors (Lipinski definition) is 1. The highest BCUT2D eigenvalue weighted by Gasteiger charge is 2.11. The maximum Gasteiger partial charge on any atom is 0.0930 e. The van der Waals surface area contributed by atoms with Crippen molar-refractivity contribution >= 4 is 0 Å². The molecule has 20 heavy (non-hydrogen) atoms. The quantitative estimate of drug-likeness (QED) is 0.789. The Morgan fingerprint density at radius 3 is 2.45 bits per heavy atom. The number of rotatable bonds is 4. The van der Waals surface area contributed by atoms with Crippen LogP contribution in [0.5, 0.6) is 0 Å². The summed E-state index contributed by atoms with van der Waals surface area (Å²) in [6.45, 7) is 0.508. The Bertz CT molecular complexity index is 677. The molecular formula is C16H15N3O. The highest BCUT2D eigenvalue weighted by Crippen LogP contribution is 2.24. The minimum Gasteiger partial charge on any atom is -0.394 e. The fourth-order valence-corrected chi connectivity index (χ4v) is 2.15. The Hall–Kier alpha value is -2.46. The molecule has 0 atom stereocenters. The molecule has 0 unspecified atom stereocenters. The molecule has 0 radical (unpaired) electrons. The minimum absolute atomic E-state index is 0.0513. The third kappa shape index (κ3) is 2.46. The molecule has 0 saturated carbocycles. The topological polar surface area (TPSA) is 50.9 Å². The van der Waals surface area contributed by atoms with E-state index in [0.29, 0.717) is 6.54 Å². The van der Waals surface area contributed by atoms with Gasteiger partial charge < -0.3 is 5.11 Å². The number of benzene rings is 1. The Balaban J connectivity index is 2.08. The SMILES string of the molecule is OCCn1nc(-c2ccccc2)cc1-c1ccccn1. The van der Waals surface area contributed by atoms with Gasteiger partial charge in [0.05, 0.1) is 30.2 Å². The van der Waals surface area contributed by atoms with Crippen LogP contribution in [0.4, 0.5) is 0 Å². The van der Waals surface area contributed by atoms with Crippen LogP contribution in [0.3, 0.4) is 0 Å². The van der Waals surface area contributed by atoms with Gasteiger partial charge in [0.1, 0.15) is 0 Å². The summed E-state index contributed by atoms with van der Waals surface area (Å²) in [5, 5.41) is 13.8. The van der Waals surface area contributed by atoms with Crippen LogP contribution >= 0.6 is 0 Å². The van der Waals surface area contributed by atoms with Gasteiger partial charge in [-0.25, -0.2) is 0 Å². The second-order valence-electron chi connectivity index (χ2n) is 4.44. The lowest BCUT2D eigenvalue weighted by molar-refractivity contribution is 0.270. The second-order valence-corrected chi connectivity index (χ2v) is 4.44. The van der Waals surface area contributed by atoms with Gasteiger partial charge in [-0.05, 0) is 18.2 Å². The fraction of sp³-hybridized carbons (Fsp3) is 0.125. The molecule has 4 heteroatoms. The van der Waals surface area contributed by atoms with Gasteiger partial charge in [0.25, 0.3) is 0 Å². The molecule has 0 aliphatic rings. The largest absolute Gasteiger partial charge is 0.394 e. The van der Waals surface area contributed by atoms with Crippen LogP contribution in [0.15, 0.2) is 60.8 Å². The summed E-state index contributed by atoms with van der Waals surface area (Å²) in [7, 11) is 0. The first kappa shape index (κ1) is 12.6. The summed E-state index contributed by atoms with van der Waals surface area (Å²) in [5.74, 6) is 0. The Labute approximate surface area is 117 Å². The smallest absolute Gasteiger partial charge is 0.0930 e. The van der Waals surface area contributed by atoms with Gasteiger partial charge in [-0.3, -0.25) is 9.67 Å². The van der Waals surface area contributed by atoms with E-state index in [1.807, 2.05) is 54.6 Å². The first-order chi connectivity index (χ1) is 9.88.